The highest BCUT2D eigenvalue weighted by atomic mass is 28.3. The molecule has 0 fully saturated rings. The second-order valence-electron chi connectivity index (χ2n) is 11.9. The summed E-state index contributed by atoms with van der Waals surface area (Å²) in [6, 6.07) is 26.5. The van der Waals surface area contributed by atoms with E-state index in [4.69, 9.17) is 9.47 Å². The van der Waals surface area contributed by atoms with Crippen molar-refractivity contribution in [2.24, 2.45) is 0 Å². The van der Waals surface area contributed by atoms with E-state index in [2.05, 4.69) is 24.6 Å². The SMILES string of the molecule is C[Si](C)(C)CCOCn1cc(C2=C(c3c[nH]c4ccccc34)C(=O)N(COCc3ccccc3)C2=O)c2ccccc21. The molecule has 214 valence electrons. The highest BCUT2D eigenvalue weighted by Crippen LogP contribution is 2.41. The van der Waals surface area contributed by atoms with Crippen molar-refractivity contribution in [1.82, 2.24) is 14.5 Å². The Labute approximate surface area is 246 Å². The number of aromatic amines is 1. The normalized spacial score (nSPS) is 14.2. The van der Waals surface area contributed by atoms with Crippen LogP contribution in [0, 0.1) is 0 Å². The minimum atomic E-state index is -1.23. The number of hydrogen-bond acceptors (Lipinski definition) is 4. The molecule has 3 heterocycles. The smallest absolute Gasteiger partial charge is 0.264 e. The van der Waals surface area contributed by atoms with Crippen LogP contribution in [0.2, 0.25) is 25.7 Å². The average molecular weight is 578 g/mol. The van der Waals surface area contributed by atoms with Crippen molar-refractivity contribution in [3.05, 3.63) is 108 Å². The van der Waals surface area contributed by atoms with Crippen LogP contribution in [0.5, 0.6) is 0 Å². The largest absolute Gasteiger partial charge is 0.361 e. The molecule has 5 aromatic rings. The van der Waals surface area contributed by atoms with Crippen molar-refractivity contribution in [2.45, 2.75) is 39.0 Å². The molecule has 3 aromatic carbocycles. The van der Waals surface area contributed by atoms with Gasteiger partial charge < -0.3 is 19.0 Å². The standard InChI is InChI=1S/C34H35N3O4Si/c1-42(2,3)18-17-40-22-36-20-28(26-14-8-10-16-30(26)36)32-31(27-19-35-29-15-9-7-13-25(27)29)33(38)37(34(32)39)23-41-21-24-11-5-4-6-12-24/h4-16,19-20,35H,17-18,21-23H2,1-3H3. The van der Waals surface area contributed by atoms with E-state index >= 15 is 0 Å². The first-order chi connectivity index (χ1) is 20.3. The molecule has 6 rings (SSSR count). The van der Waals surface area contributed by atoms with E-state index in [1.807, 2.05) is 95.8 Å². The Morgan fingerprint density at radius 3 is 2.17 bits per heavy atom. The third-order valence-electron chi connectivity index (χ3n) is 7.64. The molecule has 8 heteroatoms. The Kier molecular flexibility index (Phi) is 7.68. The van der Waals surface area contributed by atoms with Crippen LogP contribution >= 0.6 is 0 Å². The van der Waals surface area contributed by atoms with Crippen molar-refractivity contribution in [3.63, 3.8) is 0 Å². The number of fused-ring (bicyclic) bond motifs is 2. The number of imide groups is 1. The lowest BCUT2D eigenvalue weighted by atomic mass is 9.95. The molecule has 1 aliphatic rings. The topological polar surface area (TPSA) is 76.6 Å². The van der Waals surface area contributed by atoms with Gasteiger partial charge in [-0.05, 0) is 23.7 Å². The lowest BCUT2D eigenvalue weighted by molar-refractivity contribution is -0.142. The van der Waals surface area contributed by atoms with Gasteiger partial charge in [-0.1, -0.05) is 86.4 Å². The maximum Gasteiger partial charge on any atom is 0.264 e. The third kappa shape index (κ3) is 5.48. The van der Waals surface area contributed by atoms with Gasteiger partial charge in [0.2, 0.25) is 0 Å². The highest BCUT2D eigenvalue weighted by molar-refractivity contribution is 6.76. The number of para-hydroxylation sites is 2. The molecule has 0 saturated heterocycles. The van der Waals surface area contributed by atoms with Gasteiger partial charge in [-0.2, -0.15) is 0 Å². The summed E-state index contributed by atoms with van der Waals surface area (Å²) in [6.07, 6.45) is 3.76. The number of amides is 2. The third-order valence-corrected chi connectivity index (χ3v) is 9.35. The fourth-order valence-electron chi connectivity index (χ4n) is 5.39. The summed E-state index contributed by atoms with van der Waals surface area (Å²) in [6.45, 7) is 8.20. The molecule has 1 aliphatic heterocycles. The van der Waals surface area contributed by atoms with Crippen LogP contribution in [0.15, 0.2) is 91.3 Å². The number of carbonyl (C=O) groups is 2. The minimum Gasteiger partial charge on any atom is -0.361 e. The number of hydrogen-bond donors (Lipinski definition) is 1. The first-order valence-corrected chi connectivity index (χ1v) is 18.0. The zero-order valence-electron chi connectivity index (χ0n) is 24.2. The van der Waals surface area contributed by atoms with E-state index in [1.165, 1.54) is 4.90 Å². The second kappa shape index (κ2) is 11.6. The van der Waals surface area contributed by atoms with Crippen molar-refractivity contribution < 1.29 is 19.1 Å². The molecule has 2 amide bonds. The van der Waals surface area contributed by atoms with E-state index < -0.39 is 8.07 Å². The van der Waals surface area contributed by atoms with Gasteiger partial charge in [0, 0.05) is 54.5 Å². The number of nitrogens with one attached hydrogen (secondary N) is 1. The summed E-state index contributed by atoms with van der Waals surface area (Å²) in [5.41, 5.74) is 4.99. The van der Waals surface area contributed by atoms with Gasteiger partial charge in [-0.3, -0.25) is 9.59 Å². The van der Waals surface area contributed by atoms with Crippen LogP contribution in [0.1, 0.15) is 16.7 Å². The molecule has 42 heavy (non-hydrogen) atoms. The van der Waals surface area contributed by atoms with Gasteiger partial charge in [-0.15, -0.1) is 0 Å². The molecule has 0 unspecified atom stereocenters. The summed E-state index contributed by atoms with van der Waals surface area (Å²) in [5, 5.41) is 1.78. The Balaban J connectivity index is 1.40. The number of aromatic nitrogens is 2. The van der Waals surface area contributed by atoms with E-state index in [1.54, 1.807) is 0 Å². The molecule has 0 bridgehead atoms. The van der Waals surface area contributed by atoms with Crippen molar-refractivity contribution >= 4 is 52.8 Å². The average Bonchev–Trinajstić information content (AvgIpc) is 3.64. The minimum absolute atomic E-state index is 0.139. The van der Waals surface area contributed by atoms with Crippen LogP contribution < -0.4 is 0 Å². The Bertz CT molecular complexity index is 1800. The van der Waals surface area contributed by atoms with Gasteiger partial charge in [0.05, 0.1) is 23.3 Å². The van der Waals surface area contributed by atoms with Gasteiger partial charge in [0.15, 0.2) is 0 Å². The van der Waals surface area contributed by atoms with E-state index in [-0.39, 0.29) is 18.5 Å². The van der Waals surface area contributed by atoms with E-state index in [0.717, 1.165) is 33.4 Å². The van der Waals surface area contributed by atoms with Crippen molar-refractivity contribution in [1.29, 1.82) is 0 Å². The Morgan fingerprint density at radius 2 is 1.40 bits per heavy atom. The molecule has 0 aliphatic carbocycles. The zero-order valence-corrected chi connectivity index (χ0v) is 25.2. The maximum atomic E-state index is 14.1. The zero-order chi connectivity index (χ0) is 29.3. The molecular formula is C34H35N3O4Si. The number of H-pyrrole nitrogens is 1. The lowest BCUT2D eigenvalue weighted by Crippen LogP contribution is -2.33. The summed E-state index contributed by atoms with van der Waals surface area (Å²) < 4.78 is 14.0. The number of rotatable bonds is 11. The summed E-state index contributed by atoms with van der Waals surface area (Å²) >= 11 is 0. The molecule has 0 spiro atoms. The van der Waals surface area contributed by atoms with Gasteiger partial charge in [0.1, 0.15) is 13.5 Å². The van der Waals surface area contributed by atoms with E-state index in [9.17, 15) is 9.59 Å². The molecule has 0 radical (unpaired) electrons. The van der Waals surface area contributed by atoms with E-state index in [0.29, 0.717) is 42.2 Å². The molecule has 2 aromatic heterocycles. The number of nitrogens with zero attached hydrogens (tertiary/aromatic N) is 2. The molecule has 1 N–H and O–H groups in total. The summed E-state index contributed by atoms with van der Waals surface area (Å²) in [4.78, 5) is 32.7. The molecule has 0 atom stereocenters. The van der Waals surface area contributed by atoms with Gasteiger partial charge in [0.25, 0.3) is 11.8 Å². The number of ether oxygens (including phenoxy) is 2. The maximum absolute atomic E-state index is 14.1. The van der Waals surface area contributed by atoms with Crippen LogP contribution in [0.25, 0.3) is 33.0 Å². The van der Waals surface area contributed by atoms with Gasteiger partial charge in [-0.25, -0.2) is 4.90 Å². The fourth-order valence-corrected chi connectivity index (χ4v) is 6.15. The van der Waals surface area contributed by atoms with Gasteiger partial charge >= 0.3 is 0 Å². The van der Waals surface area contributed by atoms with Crippen LogP contribution in [0.3, 0.4) is 0 Å². The Hall–Kier alpha value is -4.24. The molecular weight excluding hydrogens is 542 g/mol. The second-order valence-corrected chi connectivity index (χ2v) is 17.5. The number of benzene rings is 3. The number of carbonyl (C=O) groups excluding carboxylic acids is 2. The van der Waals surface area contributed by atoms with Crippen LogP contribution in [0.4, 0.5) is 0 Å². The predicted molar refractivity (Wildman–Crippen MR) is 169 cm³/mol. The summed E-state index contributed by atoms with van der Waals surface area (Å²) in [7, 11) is -1.23. The molecule has 7 nitrogen and oxygen atoms in total. The quantitative estimate of drug-likeness (QED) is 0.105. The van der Waals surface area contributed by atoms with Crippen molar-refractivity contribution in [2.75, 3.05) is 13.3 Å². The monoisotopic (exact) mass is 577 g/mol. The summed E-state index contributed by atoms with van der Waals surface area (Å²) in [5.74, 6) is -0.730. The lowest BCUT2D eigenvalue weighted by Gasteiger charge is -2.15. The first kappa shape index (κ1) is 27.9. The van der Waals surface area contributed by atoms with Crippen LogP contribution in [-0.4, -0.2) is 47.7 Å². The predicted octanol–water partition coefficient (Wildman–Crippen LogP) is 6.89. The van der Waals surface area contributed by atoms with Crippen LogP contribution in [-0.2, 0) is 32.4 Å². The fraction of sp³-hybridized carbons (Fsp3) is 0.235. The molecule has 0 saturated carbocycles. The Morgan fingerprint density at radius 1 is 0.738 bits per heavy atom. The van der Waals surface area contributed by atoms with Crippen molar-refractivity contribution in [3.8, 4) is 0 Å². The highest BCUT2D eigenvalue weighted by Gasteiger charge is 2.41. The first-order valence-electron chi connectivity index (χ1n) is 14.3.